The summed E-state index contributed by atoms with van der Waals surface area (Å²) in [6.45, 7) is 0. The summed E-state index contributed by atoms with van der Waals surface area (Å²) in [6.07, 6.45) is 0. The van der Waals surface area contributed by atoms with Crippen molar-refractivity contribution in [2.24, 2.45) is 0 Å². The van der Waals surface area contributed by atoms with Crippen molar-refractivity contribution >= 4 is 29.0 Å². The minimum absolute atomic E-state index is 0.435. The van der Waals surface area contributed by atoms with E-state index in [1.54, 1.807) is 0 Å². The predicted molar refractivity (Wildman–Crippen MR) is 46.2 cm³/mol. The molecule has 0 aliphatic heterocycles. The maximum atomic E-state index is 12.9. The molecule has 0 amide bonds. The van der Waals surface area contributed by atoms with Crippen molar-refractivity contribution in [2.45, 2.75) is 4.84 Å². The summed E-state index contributed by atoms with van der Waals surface area (Å²) in [5.41, 5.74) is -0.435. The van der Waals surface area contributed by atoms with Crippen LogP contribution in [0.15, 0.2) is 18.2 Å². The van der Waals surface area contributed by atoms with Crippen molar-refractivity contribution in [2.75, 3.05) is 0 Å². The Labute approximate surface area is 83.3 Å². The average molecular weight is 225 g/mol. The molecule has 0 spiro atoms. The molecule has 0 aliphatic rings. The average Bonchev–Trinajstić information content (AvgIpc) is 2.08. The Bertz CT molecular complexity index is 339. The van der Waals surface area contributed by atoms with Crippen LogP contribution in [0.25, 0.3) is 0 Å². The Morgan fingerprint density at radius 3 is 2.46 bits per heavy atom. The fourth-order valence-electron chi connectivity index (χ4n) is 0.812. The molecule has 0 aromatic heterocycles. The molecule has 0 bridgehead atoms. The highest BCUT2D eigenvalue weighted by molar-refractivity contribution is 6.55. The van der Waals surface area contributed by atoms with Gasteiger partial charge in [0.1, 0.15) is 0 Å². The first kappa shape index (κ1) is 10.4. The maximum absolute atomic E-state index is 12.9. The van der Waals surface area contributed by atoms with Crippen LogP contribution in [0, 0.1) is 11.6 Å². The molecular formula is C8H4Cl2F2O. The third-order valence-corrected chi connectivity index (χ3v) is 1.81. The van der Waals surface area contributed by atoms with Gasteiger partial charge in [-0.2, -0.15) is 0 Å². The predicted octanol–water partition coefficient (Wildman–Crippen LogP) is 2.95. The molecule has 0 aliphatic carbocycles. The Kier molecular flexibility index (Phi) is 3.22. The van der Waals surface area contributed by atoms with Crippen LogP contribution in [-0.4, -0.2) is 10.6 Å². The van der Waals surface area contributed by atoms with E-state index in [1.807, 2.05) is 0 Å². The highest BCUT2D eigenvalue weighted by Gasteiger charge is 2.20. The van der Waals surface area contributed by atoms with Crippen LogP contribution in [0.2, 0.25) is 0 Å². The standard InChI is InChI=1S/C8H4Cl2F2O/c9-8(10)7(13)4-2-1-3-5(11)6(4)12/h1-3,8H. The molecule has 0 fully saturated rings. The molecule has 0 atom stereocenters. The number of rotatable bonds is 2. The van der Waals surface area contributed by atoms with E-state index in [2.05, 4.69) is 0 Å². The molecule has 1 aromatic carbocycles. The lowest BCUT2D eigenvalue weighted by molar-refractivity contribution is 0.100. The number of benzene rings is 1. The molecule has 0 radical (unpaired) electrons. The highest BCUT2D eigenvalue weighted by atomic mass is 35.5. The molecule has 5 heteroatoms. The summed E-state index contributed by atoms with van der Waals surface area (Å²) < 4.78 is 25.5. The van der Waals surface area contributed by atoms with Gasteiger partial charge in [-0.25, -0.2) is 8.78 Å². The van der Waals surface area contributed by atoms with Gasteiger partial charge in [-0.05, 0) is 12.1 Å². The number of Topliss-reactive ketones (excluding diaryl/α,β-unsaturated/α-hetero) is 1. The first-order chi connectivity index (χ1) is 6.04. The molecule has 0 N–H and O–H groups in total. The lowest BCUT2D eigenvalue weighted by Gasteiger charge is -2.02. The Balaban J connectivity index is 3.15. The van der Waals surface area contributed by atoms with Gasteiger partial charge < -0.3 is 0 Å². The smallest absolute Gasteiger partial charge is 0.198 e. The van der Waals surface area contributed by atoms with Crippen LogP contribution in [0.1, 0.15) is 10.4 Å². The number of carbonyl (C=O) groups is 1. The molecule has 1 aromatic rings. The second kappa shape index (κ2) is 4.03. The molecule has 0 heterocycles. The van der Waals surface area contributed by atoms with Crippen molar-refractivity contribution in [3.8, 4) is 0 Å². The molecular weight excluding hydrogens is 221 g/mol. The van der Waals surface area contributed by atoms with Crippen LogP contribution in [0.3, 0.4) is 0 Å². The van der Waals surface area contributed by atoms with Crippen molar-refractivity contribution < 1.29 is 13.6 Å². The normalized spacial score (nSPS) is 10.5. The lowest BCUT2D eigenvalue weighted by atomic mass is 10.1. The van der Waals surface area contributed by atoms with Gasteiger partial charge in [0.15, 0.2) is 22.3 Å². The second-order valence-corrected chi connectivity index (χ2v) is 3.36. The van der Waals surface area contributed by atoms with Crippen LogP contribution >= 0.6 is 23.2 Å². The van der Waals surface area contributed by atoms with Gasteiger partial charge in [-0.15, -0.1) is 0 Å². The zero-order valence-corrected chi connectivity index (χ0v) is 7.74. The fraction of sp³-hybridized carbons (Fsp3) is 0.125. The third kappa shape index (κ3) is 2.17. The summed E-state index contributed by atoms with van der Waals surface area (Å²) in [4.78, 5) is 9.67. The first-order valence-electron chi connectivity index (χ1n) is 3.30. The summed E-state index contributed by atoms with van der Waals surface area (Å²) in [7, 11) is 0. The number of alkyl halides is 2. The van der Waals surface area contributed by atoms with Gasteiger partial charge in [0, 0.05) is 0 Å². The fourth-order valence-corrected chi connectivity index (χ4v) is 1.05. The van der Waals surface area contributed by atoms with Crippen LogP contribution in [0.5, 0.6) is 0 Å². The zero-order valence-electron chi connectivity index (χ0n) is 6.23. The van der Waals surface area contributed by atoms with Gasteiger partial charge in [0.05, 0.1) is 5.56 Å². The first-order valence-corrected chi connectivity index (χ1v) is 4.17. The number of carbonyl (C=O) groups excluding carboxylic acids is 1. The molecule has 0 unspecified atom stereocenters. The highest BCUT2D eigenvalue weighted by Crippen LogP contribution is 2.17. The zero-order chi connectivity index (χ0) is 10.0. The van der Waals surface area contributed by atoms with E-state index in [4.69, 9.17) is 23.2 Å². The number of halogens is 4. The van der Waals surface area contributed by atoms with E-state index in [9.17, 15) is 13.6 Å². The van der Waals surface area contributed by atoms with Gasteiger partial charge in [0.25, 0.3) is 0 Å². The van der Waals surface area contributed by atoms with Gasteiger partial charge in [0.2, 0.25) is 0 Å². The van der Waals surface area contributed by atoms with E-state index in [0.29, 0.717) is 0 Å². The molecule has 13 heavy (non-hydrogen) atoms. The number of hydrogen-bond acceptors (Lipinski definition) is 1. The van der Waals surface area contributed by atoms with Crippen LogP contribution < -0.4 is 0 Å². The van der Waals surface area contributed by atoms with Crippen LogP contribution in [-0.2, 0) is 0 Å². The quantitative estimate of drug-likeness (QED) is 0.558. The van der Waals surface area contributed by atoms with E-state index < -0.39 is 27.8 Å². The SMILES string of the molecule is O=C(c1cccc(F)c1F)C(Cl)Cl. The Hall–Kier alpha value is -0.670. The van der Waals surface area contributed by atoms with Crippen molar-refractivity contribution in [3.63, 3.8) is 0 Å². The van der Waals surface area contributed by atoms with Crippen LogP contribution in [0.4, 0.5) is 8.78 Å². The summed E-state index contributed by atoms with van der Waals surface area (Å²) in [5, 5.41) is 0. The summed E-state index contributed by atoms with van der Waals surface area (Å²) >= 11 is 10.4. The van der Waals surface area contributed by atoms with E-state index in [0.717, 1.165) is 12.1 Å². The summed E-state index contributed by atoms with van der Waals surface area (Å²) in [6, 6.07) is 3.24. The molecule has 0 saturated carbocycles. The maximum Gasteiger partial charge on any atom is 0.198 e. The van der Waals surface area contributed by atoms with E-state index in [1.165, 1.54) is 6.07 Å². The Morgan fingerprint density at radius 2 is 1.92 bits per heavy atom. The molecule has 70 valence electrons. The minimum atomic E-state index is -1.38. The number of hydrogen-bond donors (Lipinski definition) is 0. The minimum Gasteiger partial charge on any atom is -0.291 e. The Morgan fingerprint density at radius 1 is 1.31 bits per heavy atom. The summed E-state index contributed by atoms with van der Waals surface area (Å²) in [5.74, 6) is -3.17. The van der Waals surface area contributed by atoms with Gasteiger partial charge in [-0.1, -0.05) is 29.3 Å². The number of ketones is 1. The van der Waals surface area contributed by atoms with Gasteiger partial charge in [-0.3, -0.25) is 4.79 Å². The van der Waals surface area contributed by atoms with Crippen molar-refractivity contribution in [3.05, 3.63) is 35.4 Å². The van der Waals surface area contributed by atoms with E-state index in [-0.39, 0.29) is 0 Å². The largest absolute Gasteiger partial charge is 0.291 e. The topological polar surface area (TPSA) is 17.1 Å². The van der Waals surface area contributed by atoms with Crippen molar-refractivity contribution in [1.82, 2.24) is 0 Å². The lowest BCUT2D eigenvalue weighted by Crippen LogP contribution is -2.11. The van der Waals surface area contributed by atoms with E-state index >= 15 is 0 Å². The molecule has 1 rings (SSSR count). The molecule has 0 saturated heterocycles. The monoisotopic (exact) mass is 224 g/mol. The third-order valence-electron chi connectivity index (χ3n) is 1.42. The van der Waals surface area contributed by atoms with Crippen molar-refractivity contribution in [1.29, 1.82) is 0 Å². The second-order valence-electron chi connectivity index (χ2n) is 2.27. The van der Waals surface area contributed by atoms with Gasteiger partial charge >= 0.3 is 0 Å². The molecule has 1 nitrogen and oxygen atoms in total.